The van der Waals surface area contributed by atoms with Crippen LogP contribution < -0.4 is 11.1 Å². The monoisotopic (exact) mass is 278 g/mol. The Hall–Kier alpha value is -1.50. The molecular weight excluding hydrogens is 260 g/mol. The van der Waals surface area contributed by atoms with E-state index >= 15 is 0 Å². The summed E-state index contributed by atoms with van der Waals surface area (Å²) in [7, 11) is 0. The maximum Gasteiger partial charge on any atom is 0.227 e. The van der Waals surface area contributed by atoms with E-state index in [1.807, 2.05) is 6.92 Å². The molecule has 4 heteroatoms. The fraction of sp³-hybridized carbons (Fsp3) is 0.400. The van der Waals surface area contributed by atoms with Crippen LogP contribution in [0.4, 0.5) is 5.69 Å². The highest BCUT2D eigenvalue weighted by Gasteiger charge is 2.13. The Labute approximate surface area is 119 Å². The van der Waals surface area contributed by atoms with Crippen LogP contribution in [0.5, 0.6) is 0 Å². The quantitative estimate of drug-likeness (QED) is 0.832. The topological polar surface area (TPSA) is 55.1 Å². The molecule has 0 aliphatic rings. The number of benzene rings is 1. The zero-order chi connectivity index (χ0) is 14.3. The number of hydrogen-bond acceptors (Lipinski definition) is 2. The van der Waals surface area contributed by atoms with Crippen molar-refractivity contribution < 1.29 is 4.79 Å². The number of hydrogen-bond donors (Lipinski definition) is 2. The summed E-state index contributed by atoms with van der Waals surface area (Å²) >= 11 is 5.95. The van der Waals surface area contributed by atoms with Crippen LogP contribution >= 0.6 is 11.6 Å². The summed E-state index contributed by atoms with van der Waals surface area (Å²) in [4.78, 5) is 12.0. The molecule has 0 fully saturated rings. The molecule has 3 N–H and O–H groups in total. The number of nitrogens with two attached hydrogens (primary N) is 1. The van der Waals surface area contributed by atoms with Gasteiger partial charge in [-0.25, -0.2) is 0 Å². The van der Waals surface area contributed by atoms with Crippen molar-refractivity contribution in [3.8, 4) is 11.8 Å². The van der Waals surface area contributed by atoms with Gasteiger partial charge in [-0.3, -0.25) is 4.79 Å². The van der Waals surface area contributed by atoms with Crippen LogP contribution in [-0.2, 0) is 4.79 Å². The molecule has 0 heterocycles. The van der Waals surface area contributed by atoms with E-state index in [1.165, 1.54) is 0 Å². The van der Waals surface area contributed by atoms with Gasteiger partial charge in [0.25, 0.3) is 0 Å². The van der Waals surface area contributed by atoms with E-state index < -0.39 is 0 Å². The van der Waals surface area contributed by atoms with Crippen LogP contribution in [0, 0.1) is 17.8 Å². The van der Waals surface area contributed by atoms with E-state index in [0.717, 1.165) is 18.4 Å². The lowest BCUT2D eigenvalue weighted by Gasteiger charge is -2.12. The second-order valence-electron chi connectivity index (χ2n) is 4.37. The summed E-state index contributed by atoms with van der Waals surface area (Å²) < 4.78 is 0. The van der Waals surface area contributed by atoms with E-state index in [1.54, 1.807) is 18.2 Å². The van der Waals surface area contributed by atoms with Crippen molar-refractivity contribution in [3.05, 3.63) is 28.8 Å². The molecule has 0 radical (unpaired) electrons. The standard InChI is InChI=1S/C15H19ClN2O/c1-3-5-11(2)15(19)18-14-10-13(16)8-7-12(14)6-4-9-17/h7-8,10-11H,3,5,9,17H2,1-2H3,(H,18,19). The van der Waals surface area contributed by atoms with Gasteiger partial charge in [0.05, 0.1) is 12.2 Å². The Kier molecular flexibility index (Phi) is 6.41. The van der Waals surface area contributed by atoms with Crippen molar-refractivity contribution in [2.24, 2.45) is 11.7 Å². The third-order valence-electron chi connectivity index (χ3n) is 2.73. The Morgan fingerprint density at radius 1 is 1.53 bits per heavy atom. The van der Waals surface area contributed by atoms with Crippen molar-refractivity contribution in [2.45, 2.75) is 26.7 Å². The number of amides is 1. The predicted molar refractivity (Wildman–Crippen MR) is 80.1 cm³/mol. The molecule has 0 aliphatic carbocycles. The predicted octanol–water partition coefficient (Wildman–Crippen LogP) is 3.02. The van der Waals surface area contributed by atoms with Gasteiger partial charge in [-0.1, -0.05) is 43.7 Å². The second kappa shape index (κ2) is 7.83. The van der Waals surface area contributed by atoms with E-state index in [9.17, 15) is 4.79 Å². The minimum atomic E-state index is -0.0284. The largest absolute Gasteiger partial charge is 0.325 e. The van der Waals surface area contributed by atoms with Gasteiger partial charge in [0.15, 0.2) is 0 Å². The summed E-state index contributed by atoms with van der Waals surface area (Å²) in [6.07, 6.45) is 1.83. The number of rotatable bonds is 4. The summed E-state index contributed by atoms with van der Waals surface area (Å²) in [6, 6.07) is 5.23. The van der Waals surface area contributed by atoms with Gasteiger partial charge >= 0.3 is 0 Å². The van der Waals surface area contributed by atoms with Crippen LogP contribution in [0.3, 0.4) is 0 Å². The van der Waals surface area contributed by atoms with E-state index in [0.29, 0.717) is 10.7 Å². The fourth-order valence-corrected chi connectivity index (χ4v) is 1.87. The molecule has 1 aromatic rings. The second-order valence-corrected chi connectivity index (χ2v) is 4.81. The zero-order valence-corrected chi connectivity index (χ0v) is 12.1. The summed E-state index contributed by atoms with van der Waals surface area (Å²) in [5.41, 5.74) is 6.73. The Bertz CT molecular complexity index is 503. The molecule has 0 saturated carbocycles. The first-order valence-electron chi connectivity index (χ1n) is 6.37. The molecule has 1 amide bonds. The van der Waals surface area contributed by atoms with E-state index in [2.05, 4.69) is 24.1 Å². The lowest BCUT2D eigenvalue weighted by molar-refractivity contribution is -0.119. The molecule has 1 rings (SSSR count). The third kappa shape index (κ3) is 4.94. The summed E-state index contributed by atoms with van der Waals surface area (Å²) in [5, 5.41) is 3.44. The number of carbonyl (C=O) groups is 1. The average Bonchev–Trinajstić information content (AvgIpc) is 2.38. The number of carbonyl (C=O) groups excluding carboxylic acids is 1. The minimum Gasteiger partial charge on any atom is -0.325 e. The highest BCUT2D eigenvalue weighted by Crippen LogP contribution is 2.21. The molecule has 1 unspecified atom stereocenters. The smallest absolute Gasteiger partial charge is 0.227 e. The molecule has 0 aromatic heterocycles. The fourth-order valence-electron chi connectivity index (χ4n) is 1.70. The van der Waals surface area contributed by atoms with Crippen molar-refractivity contribution in [2.75, 3.05) is 11.9 Å². The highest BCUT2D eigenvalue weighted by molar-refractivity contribution is 6.31. The SMILES string of the molecule is CCCC(C)C(=O)Nc1cc(Cl)ccc1C#CCN. The van der Waals surface area contributed by atoms with Crippen molar-refractivity contribution in [3.63, 3.8) is 0 Å². The van der Waals surface area contributed by atoms with Gasteiger partial charge in [-0.05, 0) is 24.6 Å². The van der Waals surface area contributed by atoms with E-state index in [4.69, 9.17) is 17.3 Å². The molecule has 102 valence electrons. The maximum atomic E-state index is 12.0. The maximum absolute atomic E-state index is 12.0. The lowest BCUT2D eigenvalue weighted by Crippen LogP contribution is -2.20. The number of nitrogens with one attached hydrogen (secondary N) is 1. The van der Waals surface area contributed by atoms with Crippen LogP contribution in [0.2, 0.25) is 5.02 Å². The third-order valence-corrected chi connectivity index (χ3v) is 2.97. The molecule has 1 aromatic carbocycles. The number of halogens is 1. The van der Waals surface area contributed by atoms with E-state index in [-0.39, 0.29) is 18.4 Å². The van der Waals surface area contributed by atoms with Gasteiger partial charge in [0.2, 0.25) is 5.91 Å². The van der Waals surface area contributed by atoms with Crippen molar-refractivity contribution in [1.29, 1.82) is 0 Å². The molecule has 3 nitrogen and oxygen atoms in total. The molecule has 0 aliphatic heterocycles. The molecular formula is C15H19ClN2O. The van der Waals surface area contributed by atoms with Gasteiger partial charge < -0.3 is 11.1 Å². The van der Waals surface area contributed by atoms with Gasteiger partial charge in [0.1, 0.15) is 0 Å². The molecule has 0 bridgehead atoms. The van der Waals surface area contributed by atoms with Gasteiger partial charge in [-0.2, -0.15) is 0 Å². The summed E-state index contributed by atoms with van der Waals surface area (Å²) in [6.45, 7) is 4.25. The first kappa shape index (κ1) is 15.6. The van der Waals surface area contributed by atoms with Crippen LogP contribution in [0.25, 0.3) is 0 Å². The number of anilines is 1. The average molecular weight is 279 g/mol. The van der Waals surface area contributed by atoms with Crippen molar-refractivity contribution in [1.82, 2.24) is 0 Å². The van der Waals surface area contributed by atoms with Crippen molar-refractivity contribution >= 4 is 23.2 Å². The highest BCUT2D eigenvalue weighted by atomic mass is 35.5. The molecule has 0 spiro atoms. The Balaban J connectivity index is 2.92. The first-order valence-corrected chi connectivity index (χ1v) is 6.75. The Morgan fingerprint density at radius 3 is 2.89 bits per heavy atom. The first-order chi connectivity index (χ1) is 9.08. The normalized spacial score (nSPS) is 11.4. The van der Waals surface area contributed by atoms with Gasteiger partial charge in [-0.15, -0.1) is 0 Å². The lowest BCUT2D eigenvalue weighted by atomic mass is 10.0. The van der Waals surface area contributed by atoms with Crippen LogP contribution in [0.1, 0.15) is 32.3 Å². The molecule has 0 saturated heterocycles. The van der Waals surface area contributed by atoms with Crippen LogP contribution in [0.15, 0.2) is 18.2 Å². The zero-order valence-electron chi connectivity index (χ0n) is 11.3. The van der Waals surface area contributed by atoms with Crippen LogP contribution in [-0.4, -0.2) is 12.5 Å². The minimum absolute atomic E-state index is 0.0140. The molecule has 1 atom stereocenters. The summed E-state index contributed by atoms with van der Waals surface area (Å²) in [5.74, 6) is 5.66. The molecule has 19 heavy (non-hydrogen) atoms. The van der Waals surface area contributed by atoms with Gasteiger partial charge in [0, 0.05) is 16.5 Å². The Morgan fingerprint density at radius 2 is 2.26 bits per heavy atom.